The van der Waals surface area contributed by atoms with Gasteiger partial charge in [-0.3, -0.25) is 0 Å². The number of ether oxygens (including phenoxy) is 1. The second kappa shape index (κ2) is 15.9. The number of likely N-dealkylation sites (N-methyl/N-ethyl adjacent to an activating group) is 1. The first-order valence-electron chi connectivity index (χ1n) is 10.6. The lowest BCUT2D eigenvalue weighted by atomic mass is 10.1. The highest BCUT2D eigenvalue weighted by Gasteiger charge is 2.16. The molecule has 0 bridgehead atoms. The third-order valence-electron chi connectivity index (χ3n) is 5.06. The molecule has 0 amide bonds. The van der Waals surface area contributed by atoms with E-state index >= 15 is 0 Å². The lowest BCUT2D eigenvalue weighted by molar-refractivity contribution is -0.890. The molecule has 156 valence electrons. The summed E-state index contributed by atoms with van der Waals surface area (Å²) in [6.45, 7) is 4.78. The first-order valence-corrected chi connectivity index (χ1v) is 10.6. The highest BCUT2D eigenvalue weighted by molar-refractivity contribution is 5.89. The molecule has 0 aliphatic carbocycles. The molecule has 1 aromatic rings. The van der Waals surface area contributed by atoms with E-state index in [9.17, 15) is 4.79 Å². The lowest BCUT2D eigenvalue weighted by Gasteiger charge is -2.29. The molecular formula is C23H40ClNO2. The summed E-state index contributed by atoms with van der Waals surface area (Å²) in [5, 5.41) is 0. The van der Waals surface area contributed by atoms with Crippen molar-refractivity contribution in [1.82, 2.24) is 0 Å². The van der Waals surface area contributed by atoms with E-state index in [0.29, 0.717) is 12.2 Å². The van der Waals surface area contributed by atoms with Crippen LogP contribution in [0.4, 0.5) is 0 Å². The third-order valence-corrected chi connectivity index (χ3v) is 5.06. The van der Waals surface area contributed by atoms with E-state index < -0.39 is 0 Å². The molecule has 0 aliphatic heterocycles. The van der Waals surface area contributed by atoms with Crippen LogP contribution in [0.5, 0.6) is 0 Å². The van der Waals surface area contributed by atoms with Gasteiger partial charge in [-0.05, 0) is 25.0 Å². The number of carbonyl (C=O) groups excluding carboxylic acids is 1. The molecule has 0 N–H and O–H groups in total. The molecule has 0 radical (unpaired) electrons. The number of nitrogens with zero attached hydrogens (tertiary/aromatic N) is 1. The van der Waals surface area contributed by atoms with Crippen molar-refractivity contribution in [2.75, 3.05) is 33.8 Å². The van der Waals surface area contributed by atoms with E-state index in [4.69, 9.17) is 4.74 Å². The molecule has 0 atom stereocenters. The number of hydrogen-bond acceptors (Lipinski definition) is 2. The SMILES string of the molecule is CCCCCCCCCCCC[N+](C)(C)CCOC(=O)c1ccccc1.[Cl-]. The van der Waals surface area contributed by atoms with Gasteiger partial charge >= 0.3 is 5.97 Å². The second-order valence-electron chi connectivity index (χ2n) is 8.07. The summed E-state index contributed by atoms with van der Waals surface area (Å²) >= 11 is 0. The minimum Gasteiger partial charge on any atom is -1.00 e. The standard InChI is InChI=1S/C23H40NO2.ClH/c1-4-5-6-7-8-9-10-11-12-16-19-24(2,3)20-21-26-23(25)22-17-14-13-15-18-22;/h13-15,17-18H,4-12,16,19-21H2,1-3H3;1H/q+1;/p-1. The van der Waals surface area contributed by atoms with Crippen LogP contribution in [-0.4, -0.2) is 44.2 Å². The van der Waals surface area contributed by atoms with Crippen LogP contribution in [0.15, 0.2) is 30.3 Å². The van der Waals surface area contributed by atoms with Gasteiger partial charge in [0, 0.05) is 0 Å². The highest BCUT2D eigenvalue weighted by atomic mass is 35.5. The largest absolute Gasteiger partial charge is 1.00 e. The van der Waals surface area contributed by atoms with Crippen LogP contribution in [0, 0.1) is 0 Å². The molecule has 1 rings (SSSR count). The molecule has 0 heterocycles. The van der Waals surface area contributed by atoms with Gasteiger partial charge in [0.2, 0.25) is 0 Å². The Morgan fingerprint density at radius 2 is 1.33 bits per heavy atom. The van der Waals surface area contributed by atoms with Gasteiger partial charge in [-0.2, -0.15) is 0 Å². The zero-order chi connectivity index (χ0) is 19.1. The number of quaternary nitrogens is 1. The molecule has 0 aromatic heterocycles. The van der Waals surface area contributed by atoms with E-state index in [1.54, 1.807) is 12.1 Å². The van der Waals surface area contributed by atoms with Gasteiger partial charge in [0.1, 0.15) is 13.2 Å². The summed E-state index contributed by atoms with van der Waals surface area (Å²) in [6.07, 6.45) is 13.7. The summed E-state index contributed by atoms with van der Waals surface area (Å²) < 4.78 is 6.32. The number of esters is 1. The Morgan fingerprint density at radius 1 is 0.815 bits per heavy atom. The Bertz CT molecular complexity index is 477. The number of unbranched alkanes of at least 4 members (excludes halogenated alkanes) is 9. The molecule has 1 aromatic carbocycles. The van der Waals surface area contributed by atoms with Crippen molar-refractivity contribution in [3.63, 3.8) is 0 Å². The molecule has 27 heavy (non-hydrogen) atoms. The Labute approximate surface area is 173 Å². The Kier molecular flexibility index (Phi) is 15.3. The van der Waals surface area contributed by atoms with Gasteiger partial charge in [-0.15, -0.1) is 0 Å². The van der Waals surface area contributed by atoms with Crippen molar-refractivity contribution in [2.24, 2.45) is 0 Å². The Hall–Kier alpha value is -1.06. The minimum atomic E-state index is -0.218. The molecule has 4 heteroatoms. The predicted molar refractivity (Wildman–Crippen MR) is 110 cm³/mol. The van der Waals surface area contributed by atoms with E-state index in [1.807, 2.05) is 18.2 Å². The monoisotopic (exact) mass is 397 g/mol. The van der Waals surface area contributed by atoms with E-state index in [0.717, 1.165) is 17.6 Å². The van der Waals surface area contributed by atoms with Crippen LogP contribution >= 0.6 is 0 Å². The summed E-state index contributed by atoms with van der Waals surface area (Å²) in [4.78, 5) is 11.9. The summed E-state index contributed by atoms with van der Waals surface area (Å²) in [6, 6.07) is 9.23. The van der Waals surface area contributed by atoms with Gasteiger partial charge in [-0.1, -0.05) is 76.5 Å². The Morgan fingerprint density at radius 3 is 1.89 bits per heavy atom. The molecule has 0 aliphatic rings. The van der Waals surface area contributed by atoms with Crippen molar-refractivity contribution in [2.45, 2.75) is 71.1 Å². The van der Waals surface area contributed by atoms with Gasteiger partial charge in [-0.25, -0.2) is 4.79 Å². The number of carbonyl (C=O) groups is 1. The van der Waals surface area contributed by atoms with Crippen molar-refractivity contribution in [1.29, 1.82) is 0 Å². The smallest absolute Gasteiger partial charge is 0.338 e. The summed E-state index contributed by atoms with van der Waals surface area (Å²) in [5.41, 5.74) is 0.632. The van der Waals surface area contributed by atoms with Crippen LogP contribution in [0.25, 0.3) is 0 Å². The average Bonchev–Trinajstić information content (AvgIpc) is 2.63. The van der Waals surface area contributed by atoms with E-state index in [2.05, 4.69) is 21.0 Å². The average molecular weight is 398 g/mol. The van der Waals surface area contributed by atoms with Crippen LogP contribution in [0.3, 0.4) is 0 Å². The van der Waals surface area contributed by atoms with Crippen LogP contribution in [0.1, 0.15) is 81.5 Å². The van der Waals surface area contributed by atoms with Crippen LogP contribution in [-0.2, 0) is 4.74 Å². The molecule has 0 saturated heterocycles. The molecule has 3 nitrogen and oxygen atoms in total. The topological polar surface area (TPSA) is 26.3 Å². The maximum absolute atomic E-state index is 11.9. The lowest BCUT2D eigenvalue weighted by Crippen LogP contribution is -3.00. The quantitative estimate of drug-likeness (QED) is 0.258. The number of rotatable bonds is 15. The predicted octanol–water partition coefficient (Wildman–Crippen LogP) is 2.84. The van der Waals surface area contributed by atoms with E-state index in [1.165, 1.54) is 64.2 Å². The molecular weight excluding hydrogens is 358 g/mol. The fourth-order valence-corrected chi connectivity index (χ4v) is 3.18. The third kappa shape index (κ3) is 13.7. The molecule has 0 spiro atoms. The van der Waals surface area contributed by atoms with Crippen molar-refractivity contribution in [3.05, 3.63) is 35.9 Å². The van der Waals surface area contributed by atoms with Gasteiger partial charge in [0.25, 0.3) is 0 Å². The van der Waals surface area contributed by atoms with Crippen molar-refractivity contribution < 1.29 is 26.4 Å². The van der Waals surface area contributed by atoms with Crippen molar-refractivity contribution >= 4 is 5.97 Å². The highest BCUT2D eigenvalue weighted by Crippen LogP contribution is 2.11. The van der Waals surface area contributed by atoms with Crippen molar-refractivity contribution in [3.8, 4) is 0 Å². The zero-order valence-electron chi connectivity index (χ0n) is 17.7. The van der Waals surface area contributed by atoms with E-state index in [-0.39, 0.29) is 18.4 Å². The Balaban J connectivity index is 0.00000676. The van der Waals surface area contributed by atoms with Gasteiger partial charge < -0.3 is 21.6 Å². The zero-order valence-corrected chi connectivity index (χ0v) is 18.5. The number of halogens is 1. The fourth-order valence-electron chi connectivity index (χ4n) is 3.18. The fraction of sp³-hybridized carbons (Fsp3) is 0.696. The number of hydrogen-bond donors (Lipinski definition) is 0. The normalized spacial score (nSPS) is 11.1. The van der Waals surface area contributed by atoms with Crippen LogP contribution < -0.4 is 12.4 Å². The minimum absolute atomic E-state index is 0. The molecule has 0 fully saturated rings. The summed E-state index contributed by atoms with van der Waals surface area (Å²) in [7, 11) is 4.45. The first-order chi connectivity index (χ1) is 12.5. The molecule has 0 unspecified atom stereocenters. The second-order valence-corrected chi connectivity index (χ2v) is 8.07. The van der Waals surface area contributed by atoms with Gasteiger partial charge in [0.15, 0.2) is 0 Å². The first kappa shape index (κ1) is 25.9. The van der Waals surface area contributed by atoms with Crippen LogP contribution in [0.2, 0.25) is 0 Å². The van der Waals surface area contributed by atoms with Gasteiger partial charge in [0.05, 0.1) is 26.2 Å². The maximum Gasteiger partial charge on any atom is 0.338 e. The summed E-state index contributed by atoms with van der Waals surface area (Å²) in [5.74, 6) is -0.218. The molecule has 0 saturated carbocycles. The number of benzene rings is 1. The maximum atomic E-state index is 11.9.